The molecule has 1 fully saturated rings. The summed E-state index contributed by atoms with van der Waals surface area (Å²) in [7, 11) is 0. The molecule has 1 aromatic heterocycles. The molecule has 1 aliphatic rings. The van der Waals surface area contributed by atoms with Gasteiger partial charge in [-0.25, -0.2) is 0 Å². The Kier molecular flexibility index (Phi) is 5.20. The molecule has 2 heterocycles. The number of aryl methyl sites for hydroxylation is 1. The molecule has 1 amide bonds. The minimum absolute atomic E-state index is 0.0288. The number of rotatable bonds is 5. The fourth-order valence-electron chi connectivity index (χ4n) is 3.27. The van der Waals surface area contributed by atoms with Crippen molar-refractivity contribution in [1.29, 1.82) is 0 Å². The van der Waals surface area contributed by atoms with Gasteiger partial charge in [-0.3, -0.25) is 9.69 Å². The van der Waals surface area contributed by atoms with Crippen LogP contribution in [-0.4, -0.2) is 40.0 Å². The molecular weight excluding hydrogens is 302 g/mol. The summed E-state index contributed by atoms with van der Waals surface area (Å²) in [6.45, 7) is 4.71. The van der Waals surface area contributed by atoms with Crippen molar-refractivity contribution in [3.05, 3.63) is 53.3 Å². The summed E-state index contributed by atoms with van der Waals surface area (Å²) < 4.78 is 0. The molecule has 2 aromatic rings. The van der Waals surface area contributed by atoms with Crippen LogP contribution in [0.15, 0.2) is 36.4 Å². The molecular formula is C19H25N3O2. The maximum absolute atomic E-state index is 12.4. The van der Waals surface area contributed by atoms with Crippen molar-refractivity contribution in [3.8, 4) is 5.75 Å². The lowest BCUT2D eigenvalue weighted by atomic mass is 10.0. The number of hydrogen-bond donors (Lipinski definition) is 3. The van der Waals surface area contributed by atoms with E-state index in [9.17, 15) is 9.90 Å². The third-order valence-electron chi connectivity index (χ3n) is 4.53. The van der Waals surface area contributed by atoms with Gasteiger partial charge in [-0.2, -0.15) is 0 Å². The van der Waals surface area contributed by atoms with Crippen molar-refractivity contribution in [2.45, 2.75) is 38.8 Å². The number of amides is 1. The highest BCUT2D eigenvalue weighted by Gasteiger charge is 2.22. The number of aromatic amines is 1. The number of piperidine rings is 1. The van der Waals surface area contributed by atoms with E-state index in [0.29, 0.717) is 11.4 Å². The van der Waals surface area contributed by atoms with Crippen LogP contribution in [0.3, 0.4) is 0 Å². The molecule has 1 aliphatic heterocycles. The molecule has 0 unspecified atom stereocenters. The highest BCUT2D eigenvalue weighted by atomic mass is 16.3. The van der Waals surface area contributed by atoms with E-state index in [1.165, 1.54) is 0 Å². The van der Waals surface area contributed by atoms with Gasteiger partial charge in [0.05, 0.1) is 0 Å². The van der Waals surface area contributed by atoms with Crippen molar-refractivity contribution in [2.24, 2.45) is 0 Å². The molecule has 1 atom stereocenters. The topological polar surface area (TPSA) is 68.4 Å². The van der Waals surface area contributed by atoms with Crippen molar-refractivity contribution in [3.63, 3.8) is 0 Å². The molecule has 3 N–H and O–H groups in total. The first-order valence-corrected chi connectivity index (χ1v) is 8.63. The van der Waals surface area contributed by atoms with E-state index in [1.807, 2.05) is 24.3 Å². The van der Waals surface area contributed by atoms with E-state index in [4.69, 9.17) is 0 Å². The Morgan fingerprint density at radius 3 is 3.00 bits per heavy atom. The zero-order valence-corrected chi connectivity index (χ0v) is 14.1. The number of aromatic hydroxyl groups is 1. The molecule has 1 saturated heterocycles. The van der Waals surface area contributed by atoms with Gasteiger partial charge in [0.15, 0.2) is 0 Å². The minimum Gasteiger partial charge on any atom is -0.508 e. The number of carbonyl (C=O) groups is 1. The van der Waals surface area contributed by atoms with E-state index >= 15 is 0 Å². The van der Waals surface area contributed by atoms with Gasteiger partial charge in [0.2, 0.25) is 0 Å². The maximum Gasteiger partial charge on any atom is 0.267 e. The average Bonchev–Trinajstić information content (AvgIpc) is 3.04. The van der Waals surface area contributed by atoms with Gasteiger partial charge in [0, 0.05) is 24.8 Å². The first-order chi connectivity index (χ1) is 11.6. The van der Waals surface area contributed by atoms with Crippen LogP contribution >= 0.6 is 0 Å². The SMILES string of the molecule is CCc1ccc(C(=O)N[C@@H]2CCCN(Cc3cccc(O)c3)C2)[nH]1. The summed E-state index contributed by atoms with van der Waals surface area (Å²) in [5.41, 5.74) is 2.81. The second-order valence-corrected chi connectivity index (χ2v) is 6.47. The van der Waals surface area contributed by atoms with Crippen molar-refractivity contribution in [1.82, 2.24) is 15.2 Å². The number of carbonyl (C=O) groups excluding carboxylic acids is 1. The van der Waals surface area contributed by atoms with Gasteiger partial charge < -0.3 is 15.4 Å². The predicted molar refractivity (Wildman–Crippen MR) is 94.0 cm³/mol. The molecule has 128 valence electrons. The standard InChI is InChI=1S/C19H25N3O2/c1-2-15-8-9-18(20-15)19(24)21-16-6-4-10-22(13-16)12-14-5-3-7-17(23)11-14/h3,5,7-9,11,16,20,23H,2,4,6,10,12-13H2,1H3,(H,21,24)/t16-/m1/s1. The van der Waals surface area contributed by atoms with Crippen LogP contribution in [0.25, 0.3) is 0 Å². The Morgan fingerprint density at radius 1 is 1.38 bits per heavy atom. The number of nitrogens with one attached hydrogen (secondary N) is 2. The number of aromatic nitrogens is 1. The number of benzene rings is 1. The average molecular weight is 327 g/mol. The molecule has 0 radical (unpaired) electrons. The Balaban J connectivity index is 1.56. The molecule has 1 aromatic carbocycles. The molecule has 0 spiro atoms. The Morgan fingerprint density at radius 2 is 2.25 bits per heavy atom. The third-order valence-corrected chi connectivity index (χ3v) is 4.53. The highest BCUT2D eigenvalue weighted by molar-refractivity contribution is 5.92. The van der Waals surface area contributed by atoms with Gasteiger partial charge in [0.25, 0.3) is 5.91 Å². The van der Waals surface area contributed by atoms with Crippen molar-refractivity contribution < 1.29 is 9.90 Å². The van der Waals surface area contributed by atoms with Gasteiger partial charge in [0.1, 0.15) is 11.4 Å². The highest BCUT2D eigenvalue weighted by Crippen LogP contribution is 2.17. The zero-order valence-electron chi connectivity index (χ0n) is 14.1. The van der Waals surface area contributed by atoms with Gasteiger partial charge >= 0.3 is 0 Å². The third kappa shape index (κ3) is 4.17. The number of hydrogen-bond acceptors (Lipinski definition) is 3. The van der Waals surface area contributed by atoms with E-state index in [-0.39, 0.29) is 11.9 Å². The van der Waals surface area contributed by atoms with Crippen molar-refractivity contribution in [2.75, 3.05) is 13.1 Å². The van der Waals surface area contributed by atoms with Crippen molar-refractivity contribution >= 4 is 5.91 Å². The molecule has 5 heteroatoms. The van der Waals surface area contributed by atoms with Crippen LogP contribution in [0.4, 0.5) is 0 Å². The number of likely N-dealkylation sites (tertiary alicyclic amines) is 1. The number of phenolic OH excluding ortho intramolecular Hbond substituents is 1. The second-order valence-electron chi connectivity index (χ2n) is 6.47. The molecule has 0 aliphatic carbocycles. The fourth-order valence-corrected chi connectivity index (χ4v) is 3.27. The lowest BCUT2D eigenvalue weighted by Gasteiger charge is -2.33. The van der Waals surface area contributed by atoms with Crippen LogP contribution in [0.5, 0.6) is 5.75 Å². The quantitative estimate of drug-likeness (QED) is 0.791. The van der Waals surface area contributed by atoms with E-state index in [2.05, 4.69) is 22.1 Å². The van der Waals surface area contributed by atoms with Crippen LogP contribution in [0.2, 0.25) is 0 Å². The summed E-state index contributed by atoms with van der Waals surface area (Å²) in [5, 5.41) is 12.7. The van der Waals surface area contributed by atoms with Crippen LogP contribution in [-0.2, 0) is 13.0 Å². The summed E-state index contributed by atoms with van der Waals surface area (Å²) in [5.74, 6) is 0.270. The number of nitrogens with zero attached hydrogens (tertiary/aromatic N) is 1. The van der Waals surface area contributed by atoms with E-state index in [1.54, 1.807) is 12.1 Å². The van der Waals surface area contributed by atoms with Gasteiger partial charge in [-0.05, 0) is 55.6 Å². The van der Waals surface area contributed by atoms with Gasteiger partial charge in [-0.1, -0.05) is 19.1 Å². The summed E-state index contributed by atoms with van der Waals surface area (Å²) >= 11 is 0. The monoisotopic (exact) mass is 327 g/mol. The molecule has 0 bridgehead atoms. The fraction of sp³-hybridized carbons (Fsp3) is 0.421. The van der Waals surface area contributed by atoms with Crippen LogP contribution in [0, 0.1) is 0 Å². The minimum atomic E-state index is -0.0288. The number of phenols is 1. The molecule has 3 rings (SSSR count). The summed E-state index contributed by atoms with van der Waals surface area (Å²) in [4.78, 5) is 17.8. The predicted octanol–water partition coefficient (Wildman–Crippen LogP) is 2.68. The molecule has 0 saturated carbocycles. The van der Waals surface area contributed by atoms with Crippen LogP contribution in [0.1, 0.15) is 41.5 Å². The smallest absolute Gasteiger partial charge is 0.267 e. The first-order valence-electron chi connectivity index (χ1n) is 8.63. The summed E-state index contributed by atoms with van der Waals surface area (Å²) in [6, 6.07) is 11.3. The molecule has 24 heavy (non-hydrogen) atoms. The van der Waals surface area contributed by atoms with E-state index in [0.717, 1.165) is 50.2 Å². The lowest BCUT2D eigenvalue weighted by Crippen LogP contribution is -2.47. The first kappa shape index (κ1) is 16.6. The number of H-pyrrole nitrogens is 1. The second kappa shape index (κ2) is 7.53. The maximum atomic E-state index is 12.4. The van der Waals surface area contributed by atoms with Crippen LogP contribution < -0.4 is 5.32 Å². The normalized spacial score (nSPS) is 18.5. The zero-order chi connectivity index (χ0) is 16.9. The Hall–Kier alpha value is -2.27. The Bertz CT molecular complexity index is 695. The summed E-state index contributed by atoms with van der Waals surface area (Å²) in [6.07, 6.45) is 2.97. The van der Waals surface area contributed by atoms with E-state index < -0.39 is 0 Å². The Labute approximate surface area is 142 Å². The van der Waals surface area contributed by atoms with Gasteiger partial charge in [-0.15, -0.1) is 0 Å². The largest absolute Gasteiger partial charge is 0.508 e. The molecule has 5 nitrogen and oxygen atoms in total. The lowest BCUT2D eigenvalue weighted by molar-refractivity contribution is 0.0896.